The quantitative estimate of drug-likeness (QED) is 0.169. The lowest BCUT2D eigenvalue weighted by molar-refractivity contribution is 0.669. The van der Waals surface area contributed by atoms with Crippen LogP contribution < -0.4 is 0 Å². The third-order valence-corrected chi connectivity index (χ3v) is 11.5. The normalized spacial score (nSPS) is 11.7. The Labute approximate surface area is 344 Å². The summed E-state index contributed by atoms with van der Waals surface area (Å²) in [4.78, 5) is 15.4. The van der Waals surface area contributed by atoms with Gasteiger partial charge in [0, 0.05) is 43.8 Å². The van der Waals surface area contributed by atoms with Gasteiger partial charge in [0.05, 0.1) is 28.0 Å². The lowest BCUT2D eigenvalue weighted by Gasteiger charge is -2.11. The molecule has 0 saturated carbocycles. The van der Waals surface area contributed by atoms with Crippen molar-refractivity contribution in [3.8, 4) is 67.4 Å². The molecule has 5 nitrogen and oxygen atoms in total. The Morgan fingerprint density at radius 1 is 0.317 bits per heavy atom. The number of hydrogen-bond donors (Lipinski definition) is 0. The van der Waals surface area contributed by atoms with Crippen LogP contribution in [-0.4, -0.2) is 15.0 Å². The van der Waals surface area contributed by atoms with Gasteiger partial charge >= 0.3 is 0 Å². The lowest BCUT2D eigenvalue weighted by atomic mass is 9.97. The van der Waals surface area contributed by atoms with E-state index in [2.05, 4.69) is 140 Å². The summed E-state index contributed by atoms with van der Waals surface area (Å²) in [5, 5.41) is 5.31. The van der Waals surface area contributed by atoms with Crippen molar-refractivity contribution in [3.05, 3.63) is 200 Å². The molecule has 0 aliphatic rings. The smallest absolute Gasteiger partial charge is 0.160 e. The molecular weight excluding hydrogens is 735 g/mol. The number of furan rings is 2. The first-order valence-electron chi connectivity index (χ1n) is 20.1. The molecule has 4 heterocycles. The molecule has 8 aromatic carbocycles. The van der Waals surface area contributed by atoms with E-state index in [1.54, 1.807) is 0 Å². The Kier molecular flexibility index (Phi) is 7.78. The first-order valence-corrected chi connectivity index (χ1v) is 20.1. The predicted molar refractivity (Wildman–Crippen MR) is 245 cm³/mol. The van der Waals surface area contributed by atoms with Crippen molar-refractivity contribution >= 4 is 54.8 Å². The summed E-state index contributed by atoms with van der Waals surface area (Å²) in [6.45, 7) is 0. The zero-order valence-electron chi connectivity index (χ0n) is 32.2. The van der Waals surface area contributed by atoms with Gasteiger partial charge in [-0.2, -0.15) is 0 Å². The molecule has 0 bridgehead atoms. The SMILES string of the molecule is c1ccc(-c2nc(-c3ccc(-c4ccc5oc6c7ccccc7nc(-c7ccccc7)c6c5c4)cc3)cc(-c3ccc(-c4cccc5oc6ccccc6c45)cc3)n2)cc1. The Morgan fingerprint density at radius 2 is 0.900 bits per heavy atom. The largest absolute Gasteiger partial charge is 0.456 e. The highest BCUT2D eigenvalue weighted by Gasteiger charge is 2.19. The molecular formula is C55H33N3O2. The second-order valence-corrected chi connectivity index (χ2v) is 15.1. The molecule has 0 amide bonds. The predicted octanol–water partition coefficient (Wildman–Crippen LogP) is 14.8. The van der Waals surface area contributed by atoms with Crippen LogP contribution >= 0.6 is 0 Å². The van der Waals surface area contributed by atoms with Crippen molar-refractivity contribution in [3.63, 3.8) is 0 Å². The van der Waals surface area contributed by atoms with Gasteiger partial charge in [-0.05, 0) is 64.7 Å². The monoisotopic (exact) mass is 767 g/mol. The topological polar surface area (TPSA) is 65.0 Å². The summed E-state index contributed by atoms with van der Waals surface area (Å²) in [6, 6.07) is 69.0. The minimum absolute atomic E-state index is 0.679. The second-order valence-electron chi connectivity index (χ2n) is 15.1. The molecule has 0 atom stereocenters. The molecule has 0 aliphatic heterocycles. The molecule has 0 fully saturated rings. The molecule has 0 N–H and O–H groups in total. The van der Waals surface area contributed by atoms with Gasteiger partial charge in [-0.25, -0.2) is 15.0 Å². The van der Waals surface area contributed by atoms with E-state index in [4.69, 9.17) is 23.8 Å². The van der Waals surface area contributed by atoms with Crippen LogP contribution in [0.15, 0.2) is 209 Å². The van der Waals surface area contributed by atoms with E-state index >= 15 is 0 Å². The molecule has 0 spiro atoms. The van der Waals surface area contributed by atoms with Crippen LogP contribution in [0.5, 0.6) is 0 Å². The van der Waals surface area contributed by atoms with Crippen LogP contribution in [0.3, 0.4) is 0 Å². The minimum atomic E-state index is 0.679. The van der Waals surface area contributed by atoms with Gasteiger partial charge in [0.2, 0.25) is 0 Å². The lowest BCUT2D eigenvalue weighted by Crippen LogP contribution is -1.96. The van der Waals surface area contributed by atoms with E-state index in [1.165, 1.54) is 0 Å². The molecule has 12 aromatic rings. The fourth-order valence-corrected chi connectivity index (χ4v) is 8.57. The summed E-state index contributed by atoms with van der Waals surface area (Å²) in [5.41, 5.74) is 15.5. The molecule has 0 aliphatic carbocycles. The highest BCUT2D eigenvalue weighted by molar-refractivity contribution is 6.19. The van der Waals surface area contributed by atoms with E-state index in [-0.39, 0.29) is 0 Å². The molecule has 60 heavy (non-hydrogen) atoms. The van der Waals surface area contributed by atoms with Crippen molar-refractivity contribution < 1.29 is 8.83 Å². The Bertz CT molecular complexity index is 3570. The van der Waals surface area contributed by atoms with Gasteiger partial charge in [-0.3, -0.25) is 0 Å². The van der Waals surface area contributed by atoms with Gasteiger partial charge in [0.15, 0.2) is 5.82 Å². The van der Waals surface area contributed by atoms with Gasteiger partial charge in [0.25, 0.3) is 0 Å². The van der Waals surface area contributed by atoms with Gasteiger partial charge < -0.3 is 8.83 Å². The fourth-order valence-electron chi connectivity index (χ4n) is 8.57. The highest BCUT2D eigenvalue weighted by atomic mass is 16.3. The van der Waals surface area contributed by atoms with Crippen LogP contribution in [-0.2, 0) is 0 Å². The van der Waals surface area contributed by atoms with Crippen LogP contribution in [0.1, 0.15) is 0 Å². The molecule has 0 radical (unpaired) electrons. The summed E-state index contributed by atoms with van der Waals surface area (Å²) in [6.07, 6.45) is 0. The number of nitrogens with zero attached hydrogens (tertiary/aromatic N) is 3. The summed E-state index contributed by atoms with van der Waals surface area (Å²) >= 11 is 0. The first kappa shape index (κ1) is 33.9. The van der Waals surface area contributed by atoms with Gasteiger partial charge in [-0.1, -0.05) is 158 Å². The van der Waals surface area contributed by atoms with Gasteiger partial charge in [-0.15, -0.1) is 0 Å². The number of fused-ring (bicyclic) bond motifs is 8. The average Bonchev–Trinajstić information content (AvgIpc) is 3.91. The maximum absolute atomic E-state index is 6.59. The zero-order valence-corrected chi connectivity index (χ0v) is 32.2. The van der Waals surface area contributed by atoms with E-state index in [0.717, 1.165) is 116 Å². The maximum Gasteiger partial charge on any atom is 0.160 e. The van der Waals surface area contributed by atoms with Gasteiger partial charge in [0.1, 0.15) is 22.3 Å². The Morgan fingerprint density at radius 3 is 1.65 bits per heavy atom. The van der Waals surface area contributed by atoms with E-state index in [9.17, 15) is 0 Å². The third kappa shape index (κ3) is 5.67. The number of pyridine rings is 1. The first-order chi connectivity index (χ1) is 29.7. The van der Waals surface area contributed by atoms with Crippen LogP contribution in [0.2, 0.25) is 0 Å². The maximum atomic E-state index is 6.59. The Balaban J connectivity index is 0.930. The standard InChI is InChI=1S/C55H33N3O2/c1-3-12-38(13-4-1)53-52-44-32-40(30-31-49(44)60-54(52)42-16-7-9-19-45(42)56-53)34-22-26-36(27-23-34)46-33-47(58-55(57-46)39-14-5-2-6-15-39)37-28-24-35(25-29-37)41-18-11-21-50-51(41)43-17-8-10-20-48(43)59-50/h1-33H. The average molecular weight is 768 g/mol. The Hall–Kier alpha value is -8.15. The third-order valence-electron chi connectivity index (χ3n) is 11.5. The molecule has 12 rings (SSSR count). The summed E-state index contributed by atoms with van der Waals surface area (Å²) < 4.78 is 12.8. The van der Waals surface area contributed by atoms with Crippen molar-refractivity contribution in [2.45, 2.75) is 0 Å². The van der Waals surface area contributed by atoms with Crippen molar-refractivity contribution in [2.24, 2.45) is 0 Å². The fraction of sp³-hybridized carbons (Fsp3) is 0. The summed E-state index contributed by atoms with van der Waals surface area (Å²) in [5.74, 6) is 0.679. The molecule has 0 unspecified atom stereocenters. The van der Waals surface area contributed by atoms with Crippen LogP contribution in [0.4, 0.5) is 0 Å². The van der Waals surface area contributed by atoms with Crippen LogP contribution in [0.25, 0.3) is 122 Å². The number of hydrogen-bond acceptors (Lipinski definition) is 5. The number of aromatic nitrogens is 3. The van der Waals surface area contributed by atoms with Crippen molar-refractivity contribution in [1.29, 1.82) is 0 Å². The number of rotatable bonds is 6. The second kappa shape index (κ2) is 13.8. The molecule has 0 saturated heterocycles. The highest BCUT2D eigenvalue weighted by Crippen LogP contribution is 2.42. The van der Waals surface area contributed by atoms with Crippen molar-refractivity contribution in [1.82, 2.24) is 15.0 Å². The minimum Gasteiger partial charge on any atom is -0.456 e. The molecule has 5 heteroatoms. The van der Waals surface area contributed by atoms with E-state index in [1.807, 2.05) is 60.7 Å². The van der Waals surface area contributed by atoms with Crippen molar-refractivity contribution in [2.75, 3.05) is 0 Å². The van der Waals surface area contributed by atoms with Crippen LogP contribution in [0, 0.1) is 0 Å². The zero-order chi connectivity index (χ0) is 39.6. The summed E-state index contributed by atoms with van der Waals surface area (Å²) in [7, 11) is 0. The number of benzene rings is 8. The van der Waals surface area contributed by atoms with E-state index < -0.39 is 0 Å². The van der Waals surface area contributed by atoms with E-state index in [0.29, 0.717) is 5.82 Å². The number of para-hydroxylation sites is 2. The molecule has 4 aromatic heterocycles. The molecule has 280 valence electrons.